The highest BCUT2D eigenvalue weighted by molar-refractivity contribution is 5.79. The monoisotopic (exact) mass is 201 g/mol. The number of aliphatic carboxylic acids is 1. The summed E-state index contributed by atoms with van der Waals surface area (Å²) in [4.78, 5) is 11.2. The van der Waals surface area contributed by atoms with Crippen LogP contribution in [-0.4, -0.2) is 36.4 Å². The highest BCUT2D eigenvalue weighted by atomic mass is 16.5. The Labute approximate surface area is 84.6 Å². The molecule has 1 rings (SSSR count). The van der Waals surface area contributed by atoms with E-state index in [2.05, 4.69) is 12.2 Å². The van der Waals surface area contributed by atoms with E-state index in [9.17, 15) is 9.90 Å². The number of carboxylic acids is 1. The molecule has 4 nitrogen and oxygen atoms in total. The predicted octanol–water partition coefficient (Wildman–Crippen LogP) is 1.01. The average molecular weight is 201 g/mol. The number of hydrogen-bond donors (Lipinski definition) is 2. The van der Waals surface area contributed by atoms with Gasteiger partial charge in [-0.3, -0.25) is 10.1 Å². The molecule has 82 valence electrons. The van der Waals surface area contributed by atoms with Gasteiger partial charge < -0.3 is 9.84 Å². The SMILES string of the molecule is CCCCC1(C(=O)O)COCCCN1. The molecule has 0 aromatic rings. The van der Waals surface area contributed by atoms with E-state index in [-0.39, 0.29) is 0 Å². The Morgan fingerprint density at radius 1 is 1.64 bits per heavy atom. The molecule has 2 N–H and O–H groups in total. The Hall–Kier alpha value is -0.610. The van der Waals surface area contributed by atoms with E-state index in [1.807, 2.05) is 0 Å². The van der Waals surface area contributed by atoms with Crippen LogP contribution < -0.4 is 5.32 Å². The van der Waals surface area contributed by atoms with Crippen LogP contribution in [0.5, 0.6) is 0 Å². The normalized spacial score (nSPS) is 28.4. The van der Waals surface area contributed by atoms with E-state index in [1.54, 1.807) is 0 Å². The molecule has 0 saturated carbocycles. The minimum atomic E-state index is -0.841. The average Bonchev–Trinajstić information content (AvgIpc) is 2.41. The summed E-state index contributed by atoms with van der Waals surface area (Å²) in [5.74, 6) is -0.784. The maximum Gasteiger partial charge on any atom is 0.326 e. The fourth-order valence-electron chi connectivity index (χ4n) is 1.68. The van der Waals surface area contributed by atoms with Gasteiger partial charge in [-0.25, -0.2) is 0 Å². The smallest absolute Gasteiger partial charge is 0.326 e. The standard InChI is InChI=1S/C10H19NO3/c1-2-3-5-10(9(12)13)8-14-7-4-6-11-10/h11H,2-8H2,1H3,(H,12,13). The highest BCUT2D eigenvalue weighted by Gasteiger charge is 2.38. The van der Waals surface area contributed by atoms with Crippen LogP contribution in [0.1, 0.15) is 32.6 Å². The zero-order valence-electron chi connectivity index (χ0n) is 8.71. The van der Waals surface area contributed by atoms with Crippen LogP contribution in [0.4, 0.5) is 0 Å². The van der Waals surface area contributed by atoms with Crippen molar-refractivity contribution in [1.82, 2.24) is 5.32 Å². The van der Waals surface area contributed by atoms with Gasteiger partial charge in [-0.2, -0.15) is 0 Å². The quantitative estimate of drug-likeness (QED) is 0.712. The molecule has 0 radical (unpaired) electrons. The van der Waals surface area contributed by atoms with Crippen molar-refractivity contribution in [2.75, 3.05) is 19.8 Å². The summed E-state index contributed by atoms with van der Waals surface area (Å²) in [6, 6.07) is 0. The van der Waals surface area contributed by atoms with Gasteiger partial charge in [0.15, 0.2) is 0 Å². The first kappa shape index (κ1) is 11.5. The summed E-state index contributed by atoms with van der Waals surface area (Å²) in [5, 5.41) is 12.3. The first-order valence-electron chi connectivity index (χ1n) is 5.27. The minimum absolute atomic E-state index is 0.294. The molecule has 0 spiro atoms. The maximum absolute atomic E-state index is 11.2. The third-order valence-electron chi connectivity index (χ3n) is 2.64. The number of hydrogen-bond acceptors (Lipinski definition) is 3. The van der Waals surface area contributed by atoms with Gasteiger partial charge in [0, 0.05) is 6.61 Å². The first-order valence-corrected chi connectivity index (χ1v) is 5.27. The van der Waals surface area contributed by atoms with Gasteiger partial charge >= 0.3 is 5.97 Å². The fraction of sp³-hybridized carbons (Fsp3) is 0.900. The first-order chi connectivity index (χ1) is 6.71. The zero-order chi connectivity index (χ0) is 10.4. The Kier molecular flexibility index (Phi) is 4.35. The molecular weight excluding hydrogens is 182 g/mol. The number of nitrogens with one attached hydrogen (secondary N) is 1. The van der Waals surface area contributed by atoms with Gasteiger partial charge in [0.1, 0.15) is 5.54 Å². The van der Waals surface area contributed by atoms with E-state index >= 15 is 0 Å². The second kappa shape index (κ2) is 5.32. The lowest BCUT2D eigenvalue weighted by Crippen LogP contribution is -2.54. The lowest BCUT2D eigenvalue weighted by Gasteiger charge is -2.28. The summed E-state index contributed by atoms with van der Waals surface area (Å²) >= 11 is 0. The summed E-state index contributed by atoms with van der Waals surface area (Å²) in [6.07, 6.45) is 3.47. The maximum atomic E-state index is 11.2. The minimum Gasteiger partial charge on any atom is -0.480 e. The summed E-state index contributed by atoms with van der Waals surface area (Å²) < 4.78 is 5.33. The van der Waals surface area contributed by atoms with Gasteiger partial charge in [0.2, 0.25) is 0 Å². The van der Waals surface area contributed by atoms with Gasteiger partial charge in [-0.1, -0.05) is 19.8 Å². The van der Waals surface area contributed by atoms with Crippen molar-refractivity contribution in [2.24, 2.45) is 0 Å². The van der Waals surface area contributed by atoms with Gasteiger partial charge in [-0.05, 0) is 19.4 Å². The molecule has 0 amide bonds. The number of unbranched alkanes of at least 4 members (excludes halogenated alkanes) is 1. The van der Waals surface area contributed by atoms with Crippen LogP contribution in [0.15, 0.2) is 0 Å². The van der Waals surface area contributed by atoms with Crippen molar-refractivity contribution >= 4 is 5.97 Å². The van der Waals surface area contributed by atoms with Gasteiger partial charge in [0.25, 0.3) is 0 Å². The molecular formula is C10H19NO3. The Morgan fingerprint density at radius 2 is 2.43 bits per heavy atom. The van der Waals surface area contributed by atoms with Crippen molar-refractivity contribution in [3.05, 3.63) is 0 Å². The second-order valence-corrected chi connectivity index (χ2v) is 3.82. The van der Waals surface area contributed by atoms with E-state index in [0.717, 1.165) is 25.8 Å². The van der Waals surface area contributed by atoms with E-state index in [4.69, 9.17) is 4.74 Å². The highest BCUT2D eigenvalue weighted by Crippen LogP contribution is 2.17. The largest absolute Gasteiger partial charge is 0.480 e. The number of carbonyl (C=O) groups is 1. The molecule has 0 aromatic carbocycles. The third kappa shape index (κ3) is 2.69. The van der Waals surface area contributed by atoms with Crippen LogP contribution in [-0.2, 0) is 9.53 Å². The van der Waals surface area contributed by atoms with Crippen molar-refractivity contribution in [1.29, 1.82) is 0 Å². The van der Waals surface area contributed by atoms with E-state index in [0.29, 0.717) is 19.6 Å². The van der Waals surface area contributed by atoms with Crippen molar-refractivity contribution in [2.45, 2.75) is 38.1 Å². The van der Waals surface area contributed by atoms with Crippen LogP contribution in [0, 0.1) is 0 Å². The molecule has 0 aliphatic carbocycles. The van der Waals surface area contributed by atoms with Gasteiger partial charge in [-0.15, -0.1) is 0 Å². The second-order valence-electron chi connectivity index (χ2n) is 3.82. The molecule has 14 heavy (non-hydrogen) atoms. The van der Waals surface area contributed by atoms with Crippen LogP contribution in [0.25, 0.3) is 0 Å². The van der Waals surface area contributed by atoms with Crippen LogP contribution in [0.3, 0.4) is 0 Å². The van der Waals surface area contributed by atoms with E-state index in [1.165, 1.54) is 0 Å². The number of rotatable bonds is 4. The Balaban J connectivity index is 2.62. The van der Waals surface area contributed by atoms with E-state index < -0.39 is 11.5 Å². The molecule has 1 atom stereocenters. The van der Waals surface area contributed by atoms with Crippen molar-refractivity contribution < 1.29 is 14.6 Å². The number of ether oxygens (including phenoxy) is 1. The molecule has 1 heterocycles. The summed E-state index contributed by atoms with van der Waals surface area (Å²) in [7, 11) is 0. The zero-order valence-corrected chi connectivity index (χ0v) is 8.71. The van der Waals surface area contributed by atoms with Crippen LogP contribution in [0.2, 0.25) is 0 Å². The predicted molar refractivity (Wildman–Crippen MR) is 53.3 cm³/mol. The molecule has 4 heteroatoms. The third-order valence-corrected chi connectivity index (χ3v) is 2.64. The lowest BCUT2D eigenvalue weighted by molar-refractivity contribution is -0.147. The lowest BCUT2D eigenvalue weighted by atomic mass is 9.93. The fourth-order valence-corrected chi connectivity index (χ4v) is 1.68. The molecule has 0 bridgehead atoms. The summed E-state index contributed by atoms with van der Waals surface area (Å²) in [5.41, 5.74) is -0.841. The molecule has 1 saturated heterocycles. The van der Waals surface area contributed by atoms with Crippen molar-refractivity contribution in [3.63, 3.8) is 0 Å². The molecule has 1 fully saturated rings. The number of carboxylic acid groups (broad SMARTS) is 1. The van der Waals surface area contributed by atoms with Gasteiger partial charge in [0.05, 0.1) is 6.61 Å². The Bertz CT molecular complexity index is 186. The molecule has 1 aliphatic heterocycles. The summed E-state index contributed by atoms with van der Waals surface area (Å²) in [6.45, 7) is 3.75. The Morgan fingerprint density at radius 3 is 3.07 bits per heavy atom. The topological polar surface area (TPSA) is 58.6 Å². The molecule has 0 aromatic heterocycles. The molecule has 1 unspecified atom stereocenters. The molecule has 1 aliphatic rings. The van der Waals surface area contributed by atoms with Crippen LogP contribution >= 0.6 is 0 Å². The van der Waals surface area contributed by atoms with Crippen molar-refractivity contribution in [3.8, 4) is 0 Å².